The summed E-state index contributed by atoms with van der Waals surface area (Å²) in [5, 5.41) is 4.45. The third kappa shape index (κ3) is 4.00. The number of pyridine rings is 1. The molecule has 0 spiro atoms. The molecule has 1 fully saturated rings. The fourth-order valence-electron chi connectivity index (χ4n) is 3.05. The maximum Gasteiger partial charge on any atom is 0.263 e. The minimum absolute atomic E-state index is 0.229. The molecule has 0 aromatic carbocycles. The summed E-state index contributed by atoms with van der Waals surface area (Å²) < 4.78 is 5.24. The number of halogens is 1. The second-order valence-corrected chi connectivity index (χ2v) is 6.50. The molecule has 1 aliphatic rings. The molecule has 1 N–H and O–H groups in total. The van der Waals surface area contributed by atoms with Gasteiger partial charge < -0.3 is 14.4 Å². The zero-order valence-electron chi connectivity index (χ0n) is 13.2. The van der Waals surface area contributed by atoms with Crippen molar-refractivity contribution in [2.45, 2.75) is 32.6 Å². The Kier molecular flexibility index (Phi) is 5.13. The van der Waals surface area contributed by atoms with E-state index in [1.807, 2.05) is 0 Å². The van der Waals surface area contributed by atoms with E-state index in [1.54, 1.807) is 6.07 Å². The smallest absolute Gasteiger partial charge is 0.263 e. The Bertz CT molecular complexity index is 704. The summed E-state index contributed by atoms with van der Waals surface area (Å²) in [7, 11) is 0. The highest BCUT2D eigenvalue weighted by Gasteiger charge is 2.21. The van der Waals surface area contributed by atoms with E-state index in [1.165, 1.54) is 19.2 Å². The largest absolute Gasteiger partial charge is 0.334 e. The van der Waals surface area contributed by atoms with E-state index in [0.717, 1.165) is 32.4 Å². The van der Waals surface area contributed by atoms with Gasteiger partial charge in [0.1, 0.15) is 5.56 Å². The first-order valence-electron chi connectivity index (χ1n) is 8.09. The van der Waals surface area contributed by atoms with Crippen LogP contribution in [0.1, 0.15) is 32.0 Å². The van der Waals surface area contributed by atoms with Gasteiger partial charge in [-0.25, -0.2) is 0 Å². The molecule has 2 aromatic rings. The molecule has 0 saturated carbocycles. The lowest BCUT2D eigenvalue weighted by Gasteiger charge is -2.31. The molecule has 0 unspecified atom stereocenters. The van der Waals surface area contributed by atoms with Crippen LogP contribution in [0.5, 0.6) is 0 Å². The fraction of sp³-hybridized carbons (Fsp3) is 0.562. The van der Waals surface area contributed by atoms with Crippen molar-refractivity contribution in [1.29, 1.82) is 0 Å². The van der Waals surface area contributed by atoms with E-state index in [4.69, 9.17) is 16.1 Å². The third-order valence-electron chi connectivity index (χ3n) is 4.28. The van der Waals surface area contributed by atoms with Crippen LogP contribution in [0.4, 0.5) is 0 Å². The zero-order valence-corrected chi connectivity index (χ0v) is 14.0. The van der Waals surface area contributed by atoms with Crippen molar-refractivity contribution in [3.8, 4) is 11.5 Å². The maximum absolute atomic E-state index is 11.8. The second-order valence-electron chi connectivity index (χ2n) is 6.07. The van der Waals surface area contributed by atoms with Crippen molar-refractivity contribution in [2.75, 3.05) is 19.6 Å². The monoisotopic (exact) mass is 336 g/mol. The molecule has 3 heterocycles. The summed E-state index contributed by atoms with van der Waals surface area (Å²) in [5.74, 6) is 1.46. The molecule has 0 amide bonds. The number of H-pyrrole nitrogens is 1. The van der Waals surface area contributed by atoms with Gasteiger partial charge in [0.15, 0.2) is 5.82 Å². The van der Waals surface area contributed by atoms with Crippen LogP contribution in [-0.4, -0.2) is 39.7 Å². The van der Waals surface area contributed by atoms with E-state index in [2.05, 4.69) is 26.9 Å². The quantitative estimate of drug-likeness (QED) is 0.908. The predicted molar refractivity (Wildman–Crippen MR) is 88.5 cm³/mol. The SMILES string of the molecule is CCCN1CCC(Cc2noc(-c3cc(Cl)c[nH]c3=O)n2)CC1. The lowest BCUT2D eigenvalue weighted by molar-refractivity contribution is 0.182. The molecule has 0 aliphatic carbocycles. The van der Waals surface area contributed by atoms with E-state index in [9.17, 15) is 4.79 Å². The van der Waals surface area contributed by atoms with Crippen LogP contribution >= 0.6 is 11.6 Å². The Morgan fingerprint density at radius 3 is 2.96 bits per heavy atom. The number of likely N-dealkylation sites (tertiary alicyclic amines) is 1. The van der Waals surface area contributed by atoms with Crippen LogP contribution < -0.4 is 5.56 Å². The van der Waals surface area contributed by atoms with Gasteiger partial charge in [0.2, 0.25) is 0 Å². The van der Waals surface area contributed by atoms with Crippen LogP contribution in [-0.2, 0) is 6.42 Å². The number of aromatic amines is 1. The van der Waals surface area contributed by atoms with Crippen molar-refractivity contribution in [2.24, 2.45) is 5.92 Å². The molecule has 6 nitrogen and oxygen atoms in total. The fourth-order valence-corrected chi connectivity index (χ4v) is 3.21. The molecule has 7 heteroatoms. The maximum atomic E-state index is 11.8. The molecule has 1 aliphatic heterocycles. The molecule has 124 valence electrons. The number of nitrogens with one attached hydrogen (secondary N) is 1. The Balaban J connectivity index is 1.64. The van der Waals surface area contributed by atoms with Crippen LogP contribution in [0.2, 0.25) is 5.02 Å². The van der Waals surface area contributed by atoms with Gasteiger partial charge in [-0.15, -0.1) is 0 Å². The Hall–Kier alpha value is -1.66. The van der Waals surface area contributed by atoms with Crippen LogP contribution in [0, 0.1) is 5.92 Å². The van der Waals surface area contributed by atoms with E-state index >= 15 is 0 Å². The topological polar surface area (TPSA) is 75.0 Å². The highest BCUT2D eigenvalue weighted by atomic mass is 35.5. The lowest BCUT2D eigenvalue weighted by Crippen LogP contribution is -2.34. The normalized spacial score (nSPS) is 16.8. The van der Waals surface area contributed by atoms with Crippen molar-refractivity contribution in [3.63, 3.8) is 0 Å². The minimum Gasteiger partial charge on any atom is -0.334 e. The summed E-state index contributed by atoms with van der Waals surface area (Å²) in [6.07, 6.45) is 5.74. The molecule has 0 atom stereocenters. The average molecular weight is 337 g/mol. The van der Waals surface area contributed by atoms with Crippen molar-refractivity contribution in [3.05, 3.63) is 33.5 Å². The Morgan fingerprint density at radius 1 is 1.43 bits per heavy atom. The van der Waals surface area contributed by atoms with Crippen molar-refractivity contribution < 1.29 is 4.52 Å². The Morgan fingerprint density at radius 2 is 2.22 bits per heavy atom. The van der Waals surface area contributed by atoms with Crippen molar-refractivity contribution in [1.82, 2.24) is 20.0 Å². The molecule has 23 heavy (non-hydrogen) atoms. The van der Waals surface area contributed by atoms with Gasteiger partial charge in [-0.2, -0.15) is 4.98 Å². The molecule has 0 radical (unpaired) electrons. The first-order valence-corrected chi connectivity index (χ1v) is 8.47. The van der Waals surface area contributed by atoms with Gasteiger partial charge in [0, 0.05) is 12.6 Å². The van der Waals surface area contributed by atoms with Crippen LogP contribution in [0.25, 0.3) is 11.5 Å². The lowest BCUT2D eigenvalue weighted by atomic mass is 9.93. The van der Waals surface area contributed by atoms with Crippen LogP contribution in [0.15, 0.2) is 21.6 Å². The van der Waals surface area contributed by atoms with Gasteiger partial charge in [0.25, 0.3) is 11.4 Å². The zero-order chi connectivity index (χ0) is 16.2. The Labute approximate surface area is 139 Å². The molecular weight excluding hydrogens is 316 g/mol. The van der Waals surface area contributed by atoms with Crippen molar-refractivity contribution >= 4 is 11.6 Å². The minimum atomic E-state index is -0.280. The molecule has 0 bridgehead atoms. The number of nitrogens with zero attached hydrogens (tertiary/aromatic N) is 3. The predicted octanol–water partition coefficient (Wildman–Crippen LogP) is 2.74. The summed E-state index contributed by atoms with van der Waals surface area (Å²) in [6, 6.07) is 1.54. The van der Waals surface area contributed by atoms with Gasteiger partial charge >= 0.3 is 0 Å². The first kappa shape index (κ1) is 16.2. The van der Waals surface area contributed by atoms with E-state index in [-0.39, 0.29) is 11.4 Å². The van der Waals surface area contributed by atoms with Gasteiger partial charge in [0.05, 0.1) is 5.02 Å². The number of rotatable bonds is 5. The highest BCUT2D eigenvalue weighted by Crippen LogP contribution is 2.22. The first-order chi connectivity index (χ1) is 11.2. The number of hydrogen-bond donors (Lipinski definition) is 1. The van der Waals surface area contributed by atoms with E-state index in [0.29, 0.717) is 22.3 Å². The molecular formula is C16H21ClN4O2. The van der Waals surface area contributed by atoms with E-state index < -0.39 is 0 Å². The summed E-state index contributed by atoms with van der Waals surface area (Å²) in [6.45, 7) is 5.66. The summed E-state index contributed by atoms with van der Waals surface area (Å²) >= 11 is 5.90. The molecule has 3 rings (SSSR count). The summed E-state index contributed by atoms with van der Waals surface area (Å²) in [5.41, 5.74) is 0.0338. The molecule has 2 aromatic heterocycles. The summed E-state index contributed by atoms with van der Waals surface area (Å²) in [4.78, 5) is 21.2. The van der Waals surface area contributed by atoms with Gasteiger partial charge in [-0.3, -0.25) is 4.79 Å². The number of hydrogen-bond acceptors (Lipinski definition) is 5. The highest BCUT2D eigenvalue weighted by molar-refractivity contribution is 6.30. The number of aromatic nitrogens is 3. The standard InChI is InChI=1S/C16H21ClN4O2/c1-2-5-21-6-3-11(4-7-21)8-14-19-16(23-20-14)13-9-12(17)10-18-15(13)22/h9-11H,2-8H2,1H3,(H,18,22). The molecule has 1 saturated heterocycles. The third-order valence-corrected chi connectivity index (χ3v) is 4.50. The number of piperidine rings is 1. The van der Waals surface area contributed by atoms with Gasteiger partial charge in [-0.05, 0) is 50.9 Å². The second kappa shape index (κ2) is 7.27. The van der Waals surface area contributed by atoms with Crippen LogP contribution in [0.3, 0.4) is 0 Å². The van der Waals surface area contributed by atoms with Gasteiger partial charge in [-0.1, -0.05) is 23.7 Å². The average Bonchev–Trinajstić information content (AvgIpc) is 3.00.